The van der Waals surface area contributed by atoms with Gasteiger partial charge in [0.05, 0.1) is 0 Å². The van der Waals surface area contributed by atoms with Crippen molar-refractivity contribution in [3.05, 3.63) is 107 Å². The van der Waals surface area contributed by atoms with Crippen LogP contribution in [0, 0.1) is 5.82 Å². The van der Waals surface area contributed by atoms with Gasteiger partial charge in [-0.05, 0) is 46.0 Å². The fourth-order valence-electron chi connectivity index (χ4n) is 4.07. The van der Waals surface area contributed by atoms with E-state index in [0.717, 1.165) is 22.3 Å². The van der Waals surface area contributed by atoms with E-state index in [0.29, 0.717) is 18.2 Å². The first-order chi connectivity index (χ1) is 15.2. The molecule has 1 N–H and O–H groups in total. The molecular formula is C25H20FN3OS. The second-order valence-electron chi connectivity index (χ2n) is 7.54. The summed E-state index contributed by atoms with van der Waals surface area (Å²) in [4.78, 5) is 19.6. The molecule has 1 aliphatic rings. The summed E-state index contributed by atoms with van der Waals surface area (Å²) >= 11 is 1.40. The number of aromatic nitrogens is 1. The van der Waals surface area contributed by atoms with Crippen molar-refractivity contribution in [2.24, 2.45) is 0 Å². The zero-order chi connectivity index (χ0) is 21.2. The summed E-state index contributed by atoms with van der Waals surface area (Å²) in [6.45, 7) is 1.31. The van der Waals surface area contributed by atoms with E-state index in [2.05, 4.69) is 27.3 Å². The van der Waals surface area contributed by atoms with Crippen molar-refractivity contribution in [2.45, 2.75) is 19.1 Å². The molecule has 0 unspecified atom stereocenters. The molecule has 2 heterocycles. The molecule has 1 amide bonds. The smallest absolute Gasteiger partial charge is 0.248 e. The van der Waals surface area contributed by atoms with Crippen molar-refractivity contribution in [1.82, 2.24) is 9.88 Å². The molecule has 6 heteroatoms. The molecule has 5 rings (SSSR count). The Morgan fingerprint density at radius 2 is 1.77 bits per heavy atom. The third kappa shape index (κ3) is 4.13. The van der Waals surface area contributed by atoms with Crippen LogP contribution in [0.5, 0.6) is 0 Å². The molecule has 0 bridgehead atoms. The summed E-state index contributed by atoms with van der Waals surface area (Å²) in [6.07, 6.45) is 1.68. The SMILES string of the molecule is O=C(Nc1nccs1)[C@@H](c1ccccc1)N1Cc2ccc(-c3cccc(F)c3)cc2C1. The second-order valence-corrected chi connectivity index (χ2v) is 8.43. The van der Waals surface area contributed by atoms with Gasteiger partial charge in [-0.2, -0.15) is 0 Å². The summed E-state index contributed by atoms with van der Waals surface area (Å²) in [5.74, 6) is -0.345. The summed E-state index contributed by atoms with van der Waals surface area (Å²) in [6, 6.07) is 22.2. The van der Waals surface area contributed by atoms with Crippen molar-refractivity contribution < 1.29 is 9.18 Å². The summed E-state index contributed by atoms with van der Waals surface area (Å²) < 4.78 is 13.7. The quantitative estimate of drug-likeness (QED) is 0.446. The first-order valence-corrected chi connectivity index (χ1v) is 10.9. The van der Waals surface area contributed by atoms with Crippen LogP contribution in [0.3, 0.4) is 0 Å². The lowest BCUT2D eigenvalue weighted by Crippen LogP contribution is -2.34. The molecule has 4 nitrogen and oxygen atoms in total. The Balaban J connectivity index is 1.44. The standard InChI is InChI=1S/C25H20FN3OS/c26-22-8-4-7-18(14-22)19-9-10-20-15-29(16-21(20)13-19)23(17-5-2-1-3-6-17)24(30)28-25-27-11-12-31-25/h1-14,23H,15-16H2,(H,27,28,30)/t23-/m1/s1. The lowest BCUT2D eigenvalue weighted by molar-refractivity contribution is -0.121. The van der Waals surface area contributed by atoms with Crippen LogP contribution < -0.4 is 5.32 Å². The van der Waals surface area contributed by atoms with E-state index < -0.39 is 6.04 Å². The van der Waals surface area contributed by atoms with Crippen LogP contribution in [0.15, 0.2) is 84.4 Å². The van der Waals surface area contributed by atoms with Gasteiger partial charge in [0.2, 0.25) is 5.91 Å². The zero-order valence-electron chi connectivity index (χ0n) is 16.7. The molecule has 0 saturated heterocycles. The van der Waals surface area contributed by atoms with Crippen LogP contribution in [0.4, 0.5) is 9.52 Å². The van der Waals surface area contributed by atoms with Crippen molar-refractivity contribution in [1.29, 1.82) is 0 Å². The highest BCUT2D eigenvalue weighted by atomic mass is 32.1. The van der Waals surface area contributed by atoms with Crippen molar-refractivity contribution in [3.63, 3.8) is 0 Å². The number of hydrogen-bond acceptors (Lipinski definition) is 4. The topological polar surface area (TPSA) is 45.2 Å². The Morgan fingerprint density at radius 3 is 2.55 bits per heavy atom. The molecule has 0 spiro atoms. The van der Waals surface area contributed by atoms with E-state index in [-0.39, 0.29) is 11.7 Å². The van der Waals surface area contributed by atoms with Gasteiger partial charge in [0, 0.05) is 24.7 Å². The molecular weight excluding hydrogens is 409 g/mol. The van der Waals surface area contributed by atoms with E-state index >= 15 is 0 Å². The normalized spacial score (nSPS) is 14.2. The number of fused-ring (bicyclic) bond motifs is 1. The van der Waals surface area contributed by atoms with Crippen LogP contribution in [0.2, 0.25) is 0 Å². The molecule has 154 valence electrons. The predicted molar refractivity (Wildman–Crippen MR) is 121 cm³/mol. The molecule has 3 aromatic carbocycles. The van der Waals surface area contributed by atoms with Gasteiger partial charge in [-0.15, -0.1) is 11.3 Å². The fourth-order valence-corrected chi connectivity index (χ4v) is 4.61. The molecule has 0 aliphatic carbocycles. The van der Waals surface area contributed by atoms with E-state index in [4.69, 9.17) is 0 Å². The average Bonchev–Trinajstić information content (AvgIpc) is 3.43. The maximum Gasteiger partial charge on any atom is 0.248 e. The van der Waals surface area contributed by atoms with Crippen LogP contribution in [-0.2, 0) is 17.9 Å². The second kappa shape index (κ2) is 8.41. The minimum absolute atomic E-state index is 0.0979. The monoisotopic (exact) mass is 429 g/mol. The van der Waals surface area contributed by atoms with Crippen LogP contribution in [0.25, 0.3) is 11.1 Å². The largest absolute Gasteiger partial charge is 0.300 e. The fraction of sp³-hybridized carbons (Fsp3) is 0.120. The van der Waals surface area contributed by atoms with E-state index in [9.17, 15) is 9.18 Å². The van der Waals surface area contributed by atoms with Crippen molar-refractivity contribution >= 4 is 22.4 Å². The molecule has 1 aromatic heterocycles. The molecule has 1 atom stereocenters. The summed E-state index contributed by atoms with van der Waals surface area (Å²) in [5.41, 5.74) is 5.11. The molecule has 31 heavy (non-hydrogen) atoms. The molecule has 0 fully saturated rings. The first-order valence-electron chi connectivity index (χ1n) is 10.0. The third-order valence-corrected chi connectivity index (χ3v) is 6.19. The lowest BCUT2D eigenvalue weighted by Gasteiger charge is -2.26. The van der Waals surface area contributed by atoms with Crippen LogP contribution >= 0.6 is 11.3 Å². The first kappa shape index (κ1) is 19.6. The number of benzene rings is 3. The maximum atomic E-state index is 13.7. The number of halogens is 1. The molecule has 1 aliphatic heterocycles. The van der Waals surface area contributed by atoms with Gasteiger partial charge in [-0.1, -0.05) is 54.6 Å². The van der Waals surface area contributed by atoms with Gasteiger partial charge in [0.1, 0.15) is 11.9 Å². The minimum atomic E-state index is -0.435. The van der Waals surface area contributed by atoms with Gasteiger partial charge in [-0.25, -0.2) is 9.37 Å². The number of carbonyl (C=O) groups excluding carboxylic acids is 1. The number of nitrogens with zero attached hydrogens (tertiary/aromatic N) is 2. The van der Waals surface area contributed by atoms with E-state index in [1.165, 1.54) is 23.0 Å². The molecule has 0 radical (unpaired) electrons. The Hall–Kier alpha value is -3.35. The zero-order valence-corrected chi connectivity index (χ0v) is 17.5. The maximum absolute atomic E-state index is 13.7. The number of anilines is 1. The van der Waals surface area contributed by atoms with Gasteiger partial charge in [0.15, 0.2) is 5.13 Å². The minimum Gasteiger partial charge on any atom is -0.300 e. The van der Waals surface area contributed by atoms with Gasteiger partial charge >= 0.3 is 0 Å². The Labute approximate surface area is 184 Å². The number of hydrogen-bond donors (Lipinski definition) is 1. The van der Waals surface area contributed by atoms with Gasteiger partial charge in [-0.3, -0.25) is 9.69 Å². The molecule has 0 saturated carbocycles. The number of nitrogens with one attached hydrogen (secondary N) is 1. The van der Waals surface area contributed by atoms with E-state index in [1.807, 2.05) is 47.8 Å². The Kier molecular flexibility index (Phi) is 5.32. The van der Waals surface area contributed by atoms with E-state index in [1.54, 1.807) is 18.3 Å². The average molecular weight is 430 g/mol. The Bertz CT molecular complexity index is 1210. The van der Waals surface area contributed by atoms with Crippen molar-refractivity contribution in [2.75, 3.05) is 5.32 Å². The third-order valence-electron chi connectivity index (χ3n) is 5.50. The van der Waals surface area contributed by atoms with Gasteiger partial charge < -0.3 is 5.32 Å². The Morgan fingerprint density at radius 1 is 0.968 bits per heavy atom. The number of rotatable bonds is 5. The highest BCUT2D eigenvalue weighted by Gasteiger charge is 2.32. The van der Waals surface area contributed by atoms with Gasteiger partial charge in [0.25, 0.3) is 0 Å². The number of carbonyl (C=O) groups is 1. The molecule has 4 aromatic rings. The van der Waals surface area contributed by atoms with Crippen molar-refractivity contribution in [3.8, 4) is 11.1 Å². The van der Waals surface area contributed by atoms with Crippen LogP contribution in [-0.4, -0.2) is 15.8 Å². The summed E-state index contributed by atoms with van der Waals surface area (Å²) in [5, 5.41) is 5.39. The van der Waals surface area contributed by atoms with Crippen LogP contribution in [0.1, 0.15) is 22.7 Å². The predicted octanol–water partition coefficient (Wildman–Crippen LogP) is 5.64. The highest BCUT2D eigenvalue weighted by molar-refractivity contribution is 7.13. The number of amides is 1. The highest BCUT2D eigenvalue weighted by Crippen LogP contribution is 2.34. The lowest BCUT2D eigenvalue weighted by atomic mass is 10.0. The number of thiazole rings is 1. The summed E-state index contributed by atoms with van der Waals surface area (Å²) in [7, 11) is 0.